The predicted molar refractivity (Wildman–Crippen MR) is 140 cm³/mol. The van der Waals surface area contributed by atoms with Crippen LogP contribution in [0.2, 0.25) is 0 Å². The molecule has 0 N–H and O–H groups in total. The summed E-state index contributed by atoms with van der Waals surface area (Å²) in [6.07, 6.45) is 14.9. The average molecular weight is 479 g/mol. The summed E-state index contributed by atoms with van der Waals surface area (Å²) in [4.78, 5) is 22.7. The minimum absolute atomic E-state index is 0.0354. The zero-order chi connectivity index (χ0) is 25.8. The summed E-state index contributed by atoms with van der Waals surface area (Å²) < 4.78 is 10.8. The van der Waals surface area contributed by atoms with Gasteiger partial charge in [0.25, 0.3) is 0 Å². The van der Waals surface area contributed by atoms with E-state index in [4.69, 9.17) is 9.47 Å². The van der Waals surface area contributed by atoms with Gasteiger partial charge in [-0.1, -0.05) is 67.2 Å². The van der Waals surface area contributed by atoms with Crippen molar-refractivity contribution >= 4 is 11.9 Å². The zero-order valence-electron chi connectivity index (χ0n) is 22.5. The lowest BCUT2D eigenvalue weighted by Crippen LogP contribution is -2.32. The van der Waals surface area contributed by atoms with E-state index in [1.807, 2.05) is 13.8 Å². The molecule has 4 heteroatoms. The second-order valence-electron chi connectivity index (χ2n) is 11.2. The van der Waals surface area contributed by atoms with Gasteiger partial charge in [-0.25, -0.2) is 0 Å². The standard InChI is InChI=1S/C31H42O4/c1-21-12-15-27(34-23(3)32)20-26(21)14-13-25-11-9-19-31(7)28(16-17-29(25)31)22(2)10-8-18-30(5,6)35-24(4)33/h13-14,16,22,27,29H,1,9-12,15,17,19-20H2,2-7H3/b25-13+,26-14-/t22-,27+,29+,31-/m1/s1. The van der Waals surface area contributed by atoms with E-state index in [1.165, 1.54) is 43.4 Å². The molecule has 4 atom stereocenters. The molecule has 0 radical (unpaired) electrons. The SMILES string of the molecule is C=C1CC[C@H](OC(C)=O)C/C1=C/C=C1\CCC[C@]2(C)C([C@H](C)CC#CC(C)(C)OC(C)=O)=CC[C@@H]12. The van der Waals surface area contributed by atoms with Crippen LogP contribution in [0.5, 0.6) is 0 Å². The van der Waals surface area contributed by atoms with Crippen LogP contribution in [0.4, 0.5) is 0 Å². The van der Waals surface area contributed by atoms with Crippen molar-refractivity contribution in [2.45, 2.75) is 105 Å². The third-order valence-electron chi connectivity index (χ3n) is 7.84. The molecule has 3 aliphatic carbocycles. The van der Waals surface area contributed by atoms with Crippen LogP contribution >= 0.6 is 0 Å². The minimum atomic E-state index is -0.756. The number of hydrogen-bond acceptors (Lipinski definition) is 4. The molecule has 0 aromatic rings. The van der Waals surface area contributed by atoms with Crippen LogP contribution in [-0.2, 0) is 19.1 Å². The van der Waals surface area contributed by atoms with Crippen molar-refractivity contribution in [2.75, 3.05) is 0 Å². The Morgan fingerprint density at radius 3 is 2.69 bits per heavy atom. The van der Waals surface area contributed by atoms with Crippen molar-refractivity contribution in [2.24, 2.45) is 17.3 Å². The summed E-state index contributed by atoms with van der Waals surface area (Å²) in [5.74, 6) is 6.80. The fourth-order valence-electron chi connectivity index (χ4n) is 6.24. The highest BCUT2D eigenvalue weighted by molar-refractivity contribution is 5.67. The lowest BCUT2D eigenvalue weighted by molar-refractivity contribution is -0.149. The van der Waals surface area contributed by atoms with Gasteiger partial charge in [0.05, 0.1) is 0 Å². The van der Waals surface area contributed by atoms with Gasteiger partial charge in [-0.05, 0) is 75.2 Å². The molecule has 35 heavy (non-hydrogen) atoms. The molecular weight excluding hydrogens is 436 g/mol. The van der Waals surface area contributed by atoms with Crippen LogP contribution in [0.15, 0.2) is 47.1 Å². The molecular formula is C31H42O4. The number of fused-ring (bicyclic) bond motifs is 1. The summed E-state index contributed by atoms with van der Waals surface area (Å²) >= 11 is 0. The maximum Gasteiger partial charge on any atom is 0.304 e. The summed E-state index contributed by atoms with van der Waals surface area (Å²) in [7, 11) is 0. The first kappa shape index (κ1) is 27.1. The van der Waals surface area contributed by atoms with E-state index in [0.717, 1.165) is 44.1 Å². The zero-order valence-corrected chi connectivity index (χ0v) is 22.5. The number of carbonyl (C=O) groups excluding carboxylic acids is 2. The van der Waals surface area contributed by atoms with Crippen LogP contribution < -0.4 is 0 Å². The lowest BCUT2D eigenvalue weighted by Gasteiger charge is -2.42. The normalized spacial score (nSPS) is 29.7. The van der Waals surface area contributed by atoms with E-state index in [0.29, 0.717) is 11.8 Å². The molecule has 0 amide bonds. The Morgan fingerprint density at radius 1 is 1.26 bits per heavy atom. The molecule has 0 aromatic heterocycles. The summed E-state index contributed by atoms with van der Waals surface area (Å²) in [5, 5.41) is 0. The van der Waals surface area contributed by atoms with E-state index in [2.05, 4.69) is 50.5 Å². The fourth-order valence-corrected chi connectivity index (χ4v) is 6.24. The van der Waals surface area contributed by atoms with Crippen LogP contribution in [-0.4, -0.2) is 23.6 Å². The largest absolute Gasteiger partial charge is 0.462 e. The van der Waals surface area contributed by atoms with E-state index in [9.17, 15) is 9.59 Å². The van der Waals surface area contributed by atoms with Crippen molar-refractivity contribution in [3.63, 3.8) is 0 Å². The van der Waals surface area contributed by atoms with Gasteiger partial charge >= 0.3 is 11.9 Å². The highest BCUT2D eigenvalue weighted by Crippen LogP contribution is 2.56. The molecule has 3 aliphatic rings. The van der Waals surface area contributed by atoms with Gasteiger partial charge < -0.3 is 9.47 Å². The third kappa shape index (κ3) is 6.78. The molecule has 4 nitrogen and oxygen atoms in total. The van der Waals surface area contributed by atoms with Gasteiger partial charge in [0.1, 0.15) is 6.10 Å². The fraction of sp³-hybridized carbons (Fsp3) is 0.613. The Morgan fingerprint density at radius 2 is 2.00 bits per heavy atom. The molecule has 0 bridgehead atoms. The van der Waals surface area contributed by atoms with Crippen LogP contribution in [0.25, 0.3) is 0 Å². The van der Waals surface area contributed by atoms with Gasteiger partial charge in [0, 0.05) is 26.7 Å². The second-order valence-corrected chi connectivity index (χ2v) is 11.2. The number of rotatable bonds is 5. The quantitative estimate of drug-likeness (QED) is 0.242. The van der Waals surface area contributed by atoms with Crippen LogP contribution in [0, 0.1) is 29.1 Å². The molecule has 0 unspecified atom stereocenters. The highest BCUT2D eigenvalue weighted by Gasteiger charge is 2.45. The third-order valence-corrected chi connectivity index (χ3v) is 7.84. The lowest BCUT2D eigenvalue weighted by atomic mass is 9.62. The highest BCUT2D eigenvalue weighted by atomic mass is 16.6. The predicted octanol–water partition coefficient (Wildman–Crippen LogP) is 7.02. The van der Waals surface area contributed by atoms with Gasteiger partial charge in [0.15, 0.2) is 5.60 Å². The van der Waals surface area contributed by atoms with Gasteiger partial charge in [-0.3, -0.25) is 9.59 Å². The molecule has 0 heterocycles. The Bertz CT molecular complexity index is 1010. The van der Waals surface area contributed by atoms with Crippen molar-refractivity contribution in [3.8, 4) is 11.8 Å². The van der Waals surface area contributed by atoms with Crippen molar-refractivity contribution < 1.29 is 19.1 Å². The maximum absolute atomic E-state index is 11.4. The Balaban J connectivity index is 1.71. The van der Waals surface area contributed by atoms with E-state index >= 15 is 0 Å². The summed E-state index contributed by atoms with van der Waals surface area (Å²) in [6, 6.07) is 0. The number of ether oxygens (including phenoxy) is 2. The van der Waals surface area contributed by atoms with E-state index < -0.39 is 5.60 Å². The first-order valence-corrected chi connectivity index (χ1v) is 13.1. The van der Waals surface area contributed by atoms with Gasteiger partial charge in [0.2, 0.25) is 0 Å². The van der Waals surface area contributed by atoms with Crippen LogP contribution in [0.1, 0.15) is 92.9 Å². The van der Waals surface area contributed by atoms with Crippen LogP contribution in [0.3, 0.4) is 0 Å². The monoisotopic (exact) mass is 478 g/mol. The Kier molecular flexibility index (Phi) is 8.52. The molecule has 0 spiro atoms. The topological polar surface area (TPSA) is 52.6 Å². The Hall–Kier alpha value is -2.54. The summed E-state index contributed by atoms with van der Waals surface area (Å²) in [5.41, 5.74) is 4.84. The van der Waals surface area contributed by atoms with Crippen molar-refractivity contribution in [1.29, 1.82) is 0 Å². The van der Waals surface area contributed by atoms with E-state index in [-0.39, 0.29) is 23.5 Å². The number of allylic oxidation sites excluding steroid dienone is 6. The second kappa shape index (κ2) is 11.0. The number of hydrogen-bond donors (Lipinski definition) is 0. The first-order valence-electron chi connectivity index (χ1n) is 13.1. The maximum atomic E-state index is 11.4. The molecule has 0 saturated heterocycles. The number of carbonyl (C=O) groups is 2. The van der Waals surface area contributed by atoms with Gasteiger partial charge in [-0.2, -0.15) is 0 Å². The average Bonchev–Trinajstić information content (AvgIpc) is 3.10. The van der Waals surface area contributed by atoms with Crippen molar-refractivity contribution in [1.82, 2.24) is 0 Å². The minimum Gasteiger partial charge on any atom is -0.462 e. The molecule has 0 aromatic carbocycles. The van der Waals surface area contributed by atoms with E-state index in [1.54, 1.807) is 0 Å². The molecule has 0 aliphatic heterocycles. The van der Waals surface area contributed by atoms with Crippen molar-refractivity contribution in [3.05, 3.63) is 47.1 Å². The smallest absolute Gasteiger partial charge is 0.304 e. The molecule has 2 fully saturated rings. The number of esters is 2. The molecule has 190 valence electrons. The Labute approximate surface area is 211 Å². The molecule has 3 rings (SSSR count). The molecule has 2 saturated carbocycles. The van der Waals surface area contributed by atoms with Gasteiger partial charge in [-0.15, -0.1) is 0 Å². The summed E-state index contributed by atoms with van der Waals surface area (Å²) in [6.45, 7) is 15.5. The first-order chi connectivity index (χ1) is 16.4.